The highest BCUT2D eigenvalue weighted by molar-refractivity contribution is 6.00. The maximum absolute atomic E-state index is 12.0. The van der Waals surface area contributed by atoms with E-state index in [-0.39, 0.29) is 31.1 Å². The molecule has 4 nitrogen and oxygen atoms in total. The number of benzene rings is 2. The Morgan fingerprint density at radius 3 is 2.22 bits per heavy atom. The van der Waals surface area contributed by atoms with Gasteiger partial charge in [0.2, 0.25) is 5.91 Å². The molecule has 0 radical (unpaired) electrons. The summed E-state index contributed by atoms with van der Waals surface area (Å²) in [7, 11) is 0. The van der Waals surface area contributed by atoms with Gasteiger partial charge in [-0.05, 0) is 31.0 Å². The van der Waals surface area contributed by atoms with Crippen molar-refractivity contribution < 1.29 is 14.7 Å². The van der Waals surface area contributed by atoms with Crippen LogP contribution in [0.3, 0.4) is 0 Å². The molecule has 0 saturated heterocycles. The van der Waals surface area contributed by atoms with Crippen LogP contribution < -0.4 is 5.32 Å². The van der Waals surface area contributed by atoms with Gasteiger partial charge in [0.1, 0.15) is 0 Å². The predicted molar refractivity (Wildman–Crippen MR) is 90.6 cm³/mol. The molecule has 2 N–H and O–H groups in total. The summed E-state index contributed by atoms with van der Waals surface area (Å²) in [6.07, 6.45) is 0.946. The number of aryl methyl sites for hydroxylation is 1. The largest absolute Gasteiger partial charge is 0.396 e. The highest BCUT2D eigenvalue weighted by atomic mass is 16.3. The molecule has 0 atom stereocenters. The number of hydrogen-bond donors (Lipinski definition) is 2. The molecule has 2 aromatic carbocycles. The smallest absolute Gasteiger partial charge is 0.224 e. The van der Waals surface area contributed by atoms with E-state index in [2.05, 4.69) is 5.32 Å². The number of anilines is 1. The highest BCUT2D eigenvalue weighted by Crippen LogP contribution is 2.12. The molecule has 0 fully saturated rings. The summed E-state index contributed by atoms with van der Waals surface area (Å²) in [6, 6.07) is 14.7. The third-order valence-corrected chi connectivity index (χ3v) is 3.59. The van der Waals surface area contributed by atoms with Crippen LogP contribution in [0.4, 0.5) is 5.69 Å². The molecule has 1 amide bonds. The number of carbonyl (C=O) groups is 2. The van der Waals surface area contributed by atoms with Gasteiger partial charge < -0.3 is 10.4 Å². The van der Waals surface area contributed by atoms with Crippen LogP contribution in [-0.4, -0.2) is 23.4 Å². The Hall–Kier alpha value is -2.46. The Morgan fingerprint density at radius 2 is 1.61 bits per heavy atom. The zero-order chi connectivity index (χ0) is 16.7. The van der Waals surface area contributed by atoms with Crippen molar-refractivity contribution in [1.29, 1.82) is 0 Å². The van der Waals surface area contributed by atoms with Crippen molar-refractivity contribution in [2.75, 3.05) is 11.9 Å². The van der Waals surface area contributed by atoms with E-state index in [1.165, 1.54) is 0 Å². The monoisotopic (exact) mass is 311 g/mol. The molecule has 4 heteroatoms. The zero-order valence-electron chi connectivity index (χ0n) is 13.2. The number of ketones is 1. The number of carbonyl (C=O) groups excluding carboxylic acids is 2. The Morgan fingerprint density at radius 1 is 0.957 bits per heavy atom. The number of Topliss-reactive ketones (excluding diaryl/α,β-unsaturated/α-hetero) is 1. The van der Waals surface area contributed by atoms with Crippen LogP contribution in [0.2, 0.25) is 0 Å². The van der Waals surface area contributed by atoms with Gasteiger partial charge in [-0.15, -0.1) is 0 Å². The lowest BCUT2D eigenvalue weighted by Gasteiger charge is -2.06. The van der Waals surface area contributed by atoms with Gasteiger partial charge in [-0.25, -0.2) is 0 Å². The van der Waals surface area contributed by atoms with E-state index in [1.807, 2.05) is 31.2 Å². The van der Waals surface area contributed by atoms with Crippen molar-refractivity contribution in [3.8, 4) is 0 Å². The third kappa shape index (κ3) is 5.34. The van der Waals surface area contributed by atoms with Gasteiger partial charge in [-0.3, -0.25) is 9.59 Å². The van der Waals surface area contributed by atoms with Gasteiger partial charge >= 0.3 is 0 Å². The van der Waals surface area contributed by atoms with Gasteiger partial charge in [0.05, 0.1) is 0 Å². The van der Waals surface area contributed by atoms with Crippen LogP contribution in [0.25, 0.3) is 0 Å². The second-order valence-corrected chi connectivity index (χ2v) is 5.51. The summed E-state index contributed by atoms with van der Waals surface area (Å²) in [5.41, 5.74) is 3.44. The lowest BCUT2D eigenvalue weighted by atomic mass is 10.0. The number of rotatable bonds is 7. The number of nitrogens with one attached hydrogen (secondary N) is 1. The van der Waals surface area contributed by atoms with Gasteiger partial charge in [0, 0.05) is 30.7 Å². The summed E-state index contributed by atoms with van der Waals surface area (Å²) < 4.78 is 0. The molecule has 120 valence electrons. The number of amides is 1. The van der Waals surface area contributed by atoms with Crippen LogP contribution in [0, 0.1) is 6.92 Å². The van der Waals surface area contributed by atoms with Crippen LogP contribution in [0.1, 0.15) is 34.3 Å². The van der Waals surface area contributed by atoms with Crippen LogP contribution in [-0.2, 0) is 11.2 Å². The summed E-state index contributed by atoms with van der Waals surface area (Å²) in [5.74, 6) is -0.209. The number of hydrogen-bond acceptors (Lipinski definition) is 3. The first-order valence-electron chi connectivity index (χ1n) is 7.68. The average molecular weight is 311 g/mol. The van der Waals surface area contributed by atoms with Crippen molar-refractivity contribution >= 4 is 17.4 Å². The number of aliphatic hydroxyl groups is 1. The summed E-state index contributed by atoms with van der Waals surface area (Å²) >= 11 is 0. The summed E-state index contributed by atoms with van der Waals surface area (Å²) in [6.45, 7) is 2.07. The predicted octanol–water partition coefficient (Wildman–Crippen LogP) is 3.13. The van der Waals surface area contributed by atoms with Gasteiger partial charge in [0.25, 0.3) is 0 Å². The number of aliphatic hydroxyl groups excluding tert-OH is 1. The van der Waals surface area contributed by atoms with E-state index in [0.717, 1.165) is 11.1 Å². The van der Waals surface area contributed by atoms with E-state index in [1.54, 1.807) is 24.3 Å². The molecular formula is C19H21NO3. The maximum atomic E-state index is 12.0. The first kappa shape index (κ1) is 16.9. The molecule has 0 spiro atoms. The van der Waals surface area contributed by atoms with Crippen LogP contribution in [0.5, 0.6) is 0 Å². The molecule has 0 aliphatic rings. The molecule has 2 rings (SSSR count). The lowest BCUT2D eigenvalue weighted by molar-refractivity contribution is -0.116. The van der Waals surface area contributed by atoms with Crippen LogP contribution >= 0.6 is 0 Å². The lowest BCUT2D eigenvalue weighted by Crippen LogP contribution is -2.13. The minimum atomic E-state index is -0.180. The van der Waals surface area contributed by atoms with Crippen molar-refractivity contribution in [3.05, 3.63) is 65.2 Å². The summed E-state index contributed by atoms with van der Waals surface area (Å²) in [5, 5.41) is 11.6. The van der Waals surface area contributed by atoms with E-state index in [9.17, 15) is 9.59 Å². The van der Waals surface area contributed by atoms with E-state index < -0.39 is 0 Å². The van der Waals surface area contributed by atoms with Gasteiger partial charge in [-0.2, -0.15) is 0 Å². The Balaban J connectivity index is 1.82. The molecule has 0 heterocycles. The minimum absolute atomic E-state index is 0.0292. The third-order valence-electron chi connectivity index (χ3n) is 3.59. The zero-order valence-corrected chi connectivity index (χ0v) is 13.2. The molecule has 0 aliphatic heterocycles. The van der Waals surface area contributed by atoms with Crippen molar-refractivity contribution in [2.45, 2.75) is 26.2 Å². The SMILES string of the molecule is Cc1ccc(C(=O)CCC(=O)Nc2ccc(CCO)cc2)cc1. The molecular weight excluding hydrogens is 290 g/mol. The first-order valence-corrected chi connectivity index (χ1v) is 7.68. The van der Waals surface area contributed by atoms with Crippen LogP contribution in [0.15, 0.2) is 48.5 Å². The Kier molecular flexibility index (Phi) is 6.06. The average Bonchev–Trinajstić information content (AvgIpc) is 2.55. The molecule has 0 bridgehead atoms. The fourth-order valence-electron chi connectivity index (χ4n) is 2.22. The van der Waals surface area contributed by atoms with Gasteiger partial charge in [0.15, 0.2) is 5.78 Å². The van der Waals surface area contributed by atoms with E-state index in [0.29, 0.717) is 17.7 Å². The molecule has 23 heavy (non-hydrogen) atoms. The van der Waals surface area contributed by atoms with Crippen molar-refractivity contribution in [2.24, 2.45) is 0 Å². The van der Waals surface area contributed by atoms with E-state index in [4.69, 9.17) is 5.11 Å². The molecule has 0 aliphatic carbocycles. The minimum Gasteiger partial charge on any atom is -0.396 e. The fourth-order valence-corrected chi connectivity index (χ4v) is 2.22. The molecule has 0 saturated carbocycles. The van der Waals surface area contributed by atoms with Crippen molar-refractivity contribution in [1.82, 2.24) is 0 Å². The maximum Gasteiger partial charge on any atom is 0.224 e. The van der Waals surface area contributed by atoms with E-state index >= 15 is 0 Å². The van der Waals surface area contributed by atoms with Crippen molar-refractivity contribution in [3.63, 3.8) is 0 Å². The standard InChI is InChI=1S/C19H21NO3/c1-14-2-6-16(7-3-14)18(22)10-11-19(23)20-17-8-4-15(5-9-17)12-13-21/h2-9,21H,10-13H2,1H3,(H,20,23). The Bertz CT molecular complexity index is 660. The topological polar surface area (TPSA) is 66.4 Å². The first-order chi connectivity index (χ1) is 11.1. The normalized spacial score (nSPS) is 10.3. The fraction of sp³-hybridized carbons (Fsp3) is 0.263. The molecule has 0 unspecified atom stereocenters. The quantitative estimate of drug-likeness (QED) is 0.772. The molecule has 2 aromatic rings. The summed E-state index contributed by atoms with van der Waals surface area (Å²) in [4.78, 5) is 23.9. The highest BCUT2D eigenvalue weighted by Gasteiger charge is 2.09. The molecule has 0 aromatic heterocycles. The second-order valence-electron chi connectivity index (χ2n) is 5.51. The second kappa shape index (κ2) is 8.25. The van der Waals surface area contributed by atoms with Gasteiger partial charge in [-0.1, -0.05) is 42.0 Å². The Labute approximate surface area is 136 Å².